The van der Waals surface area contributed by atoms with E-state index in [1.807, 2.05) is 0 Å². The number of rotatable bonds is 9. The zero-order chi connectivity index (χ0) is 14.1. The van der Waals surface area contributed by atoms with Crippen LogP contribution < -0.4 is 0 Å². The van der Waals surface area contributed by atoms with Gasteiger partial charge in [0, 0.05) is 10.7 Å². The molecule has 19 heavy (non-hydrogen) atoms. The first kappa shape index (κ1) is 16.8. The highest BCUT2D eigenvalue weighted by atomic mass is 79.9. The molecule has 0 aliphatic heterocycles. The van der Waals surface area contributed by atoms with Crippen molar-refractivity contribution in [2.24, 2.45) is 5.92 Å². The van der Waals surface area contributed by atoms with E-state index in [4.69, 9.17) is 0 Å². The molecule has 0 heterocycles. The third-order valence-electron chi connectivity index (χ3n) is 4.54. The van der Waals surface area contributed by atoms with Crippen molar-refractivity contribution in [3.63, 3.8) is 0 Å². The molecule has 0 saturated heterocycles. The summed E-state index contributed by atoms with van der Waals surface area (Å²) in [6.07, 6.45) is 7.90. The second kappa shape index (κ2) is 8.79. The molecule has 0 fully saturated rings. The third kappa shape index (κ3) is 4.63. The van der Waals surface area contributed by atoms with Gasteiger partial charge in [-0.05, 0) is 24.3 Å². The molecule has 0 nitrogen and oxygen atoms in total. The Labute approximate surface area is 128 Å². The Morgan fingerprint density at radius 1 is 1.11 bits per heavy atom. The Bertz CT molecular complexity index is 327. The van der Waals surface area contributed by atoms with E-state index < -0.39 is 0 Å². The maximum absolute atomic E-state index is 3.80. The summed E-state index contributed by atoms with van der Waals surface area (Å²) in [7, 11) is 0. The summed E-state index contributed by atoms with van der Waals surface area (Å²) < 4.78 is 0. The number of hydrogen-bond donors (Lipinski definition) is 0. The lowest BCUT2D eigenvalue weighted by Crippen LogP contribution is -2.30. The highest BCUT2D eigenvalue weighted by molar-refractivity contribution is 9.09. The van der Waals surface area contributed by atoms with Crippen LogP contribution in [0.3, 0.4) is 0 Å². The summed E-state index contributed by atoms with van der Waals surface area (Å²) >= 11 is 3.80. The number of unbranched alkanes of at least 4 members (excludes halogenated alkanes) is 1. The molecule has 0 aliphatic carbocycles. The molecular formula is C18H29Br. The van der Waals surface area contributed by atoms with E-state index >= 15 is 0 Å². The summed E-state index contributed by atoms with van der Waals surface area (Å²) in [4.78, 5) is 0. The maximum atomic E-state index is 3.80. The molecule has 0 amide bonds. The lowest BCUT2D eigenvalue weighted by atomic mass is 9.72. The van der Waals surface area contributed by atoms with Crippen molar-refractivity contribution in [2.75, 3.05) is 5.33 Å². The van der Waals surface area contributed by atoms with Gasteiger partial charge in [0.05, 0.1) is 0 Å². The molecule has 0 radical (unpaired) electrons. The lowest BCUT2D eigenvalue weighted by Gasteiger charge is -2.35. The SMILES string of the molecule is CCCCC(CC)CC(CC)(CBr)c1ccccc1. The van der Waals surface area contributed by atoms with Crippen LogP contribution in [-0.2, 0) is 5.41 Å². The highest BCUT2D eigenvalue weighted by Gasteiger charge is 2.31. The lowest BCUT2D eigenvalue weighted by molar-refractivity contribution is 0.307. The molecule has 2 unspecified atom stereocenters. The summed E-state index contributed by atoms with van der Waals surface area (Å²) in [6.45, 7) is 6.97. The summed E-state index contributed by atoms with van der Waals surface area (Å²) in [6, 6.07) is 11.1. The van der Waals surface area contributed by atoms with Crippen molar-refractivity contribution in [3.05, 3.63) is 35.9 Å². The van der Waals surface area contributed by atoms with Crippen LogP contribution in [0.5, 0.6) is 0 Å². The van der Waals surface area contributed by atoms with Crippen LogP contribution in [0.1, 0.15) is 64.9 Å². The van der Waals surface area contributed by atoms with Gasteiger partial charge in [0.15, 0.2) is 0 Å². The van der Waals surface area contributed by atoms with Crippen LogP contribution in [0.15, 0.2) is 30.3 Å². The fourth-order valence-electron chi connectivity index (χ4n) is 2.98. The molecule has 1 aromatic carbocycles. The molecule has 1 rings (SSSR count). The Balaban J connectivity index is 2.87. The molecule has 0 N–H and O–H groups in total. The summed E-state index contributed by atoms with van der Waals surface area (Å²) in [5, 5.41) is 1.07. The van der Waals surface area contributed by atoms with Gasteiger partial charge in [-0.15, -0.1) is 0 Å². The second-order valence-corrected chi connectivity index (χ2v) is 6.31. The van der Waals surface area contributed by atoms with Crippen LogP contribution in [0.4, 0.5) is 0 Å². The van der Waals surface area contributed by atoms with Crippen LogP contribution in [0.25, 0.3) is 0 Å². The predicted molar refractivity (Wildman–Crippen MR) is 90.1 cm³/mol. The monoisotopic (exact) mass is 324 g/mol. The van der Waals surface area contributed by atoms with Gasteiger partial charge in [0.1, 0.15) is 0 Å². The maximum Gasteiger partial charge on any atom is 0.0129 e. The summed E-state index contributed by atoms with van der Waals surface area (Å²) in [5.74, 6) is 0.859. The van der Waals surface area contributed by atoms with Gasteiger partial charge in [-0.1, -0.05) is 92.7 Å². The molecule has 2 atom stereocenters. The first-order chi connectivity index (χ1) is 9.22. The van der Waals surface area contributed by atoms with E-state index in [2.05, 4.69) is 67.0 Å². The molecule has 0 saturated carbocycles. The van der Waals surface area contributed by atoms with Gasteiger partial charge in [0.25, 0.3) is 0 Å². The molecule has 1 heteroatoms. The third-order valence-corrected chi connectivity index (χ3v) is 5.61. The average molecular weight is 325 g/mol. The summed E-state index contributed by atoms with van der Waals surface area (Å²) in [5.41, 5.74) is 1.82. The highest BCUT2D eigenvalue weighted by Crippen LogP contribution is 2.38. The van der Waals surface area contributed by atoms with Gasteiger partial charge in [0.2, 0.25) is 0 Å². The number of alkyl halides is 1. The smallest absolute Gasteiger partial charge is 0.0129 e. The number of hydrogen-bond acceptors (Lipinski definition) is 0. The molecule has 0 aliphatic rings. The fraction of sp³-hybridized carbons (Fsp3) is 0.667. The van der Waals surface area contributed by atoms with Crippen molar-refractivity contribution in [3.8, 4) is 0 Å². The normalized spacial score (nSPS) is 16.0. The van der Waals surface area contributed by atoms with Gasteiger partial charge >= 0.3 is 0 Å². The Kier molecular flexibility index (Phi) is 7.75. The van der Waals surface area contributed by atoms with E-state index in [1.54, 1.807) is 0 Å². The molecule has 108 valence electrons. The van der Waals surface area contributed by atoms with Gasteiger partial charge in [-0.25, -0.2) is 0 Å². The quantitative estimate of drug-likeness (QED) is 0.465. The average Bonchev–Trinajstić information content (AvgIpc) is 2.49. The minimum Gasteiger partial charge on any atom is -0.0918 e. The zero-order valence-corrected chi connectivity index (χ0v) is 14.4. The van der Waals surface area contributed by atoms with Crippen molar-refractivity contribution in [2.45, 2.75) is 64.7 Å². The number of halogens is 1. The van der Waals surface area contributed by atoms with Crippen LogP contribution >= 0.6 is 15.9 Å². The van der Waals surface area contributed by atoms with E-state index in [0.29, 0.717) is 5.41 Å². The van der Waals surface area contributed by atoms with Gasteiger partial charge in [-0.3, -0.25) is 0 Å². The van der Waals surface area contributed by atoms with E-state index in [1.165, 1.54) is 44.1 Å². The molecule has 1 aromatic rings. The minimum atomic E-state index is 0.315. The van der Waals surface area contributed by atoms with Crippen LogP contribution in [0.2, 0.25) is 0 Å². The van der Waals surface area contributed by atoms with Crippen molar-refractivity contribution >= 4 is 15.9 Å². The largest absolute Gasteiger partial charge is 0.0918 e. The van der Waals surface area contributed by atoms with E-state index in [9.17, 15) is 0 Å². The first-order valence-electron chi connectivity index (χ1n) is 7.83. The molecule has 0 aromatic heterocycles. The van der Waals surface area contributed by atoms with Crippen molar-refractivity contribution in [1.82, 2.24) is 0 Å². The number of benzene rings is 1. The second-order valence-electron chi connectivity index (χ2n) is 5.75. The minimum absolute atomic E-state index is 0.315. The Morgan fingerprint density at radius 3 is 2.26 bits per heavy atom. The fourth-order valence-corrected chi connectivity index (χ4v) is 3.93. The van der Waals surface area contributed by atoms with Crippen molar-refractivity contribution < 1.29 is 0 Å². The van der Waals surface area contributed by atoms with Gasteiger partial charge < -0.3 is 0 Å². The van der Waals surface area contributed by atoms with E-state index in [0.717, 1.165) is 11.2 Å². The zero-order valence-electron chi connectivity index (χ0n) is 12.8. The molecular weight excluding hydrogens is 296 g/mol. The van der Waals surface area contributed by atoms with Crippen LogP contribution in [0, 0.1) is 5.92 Å². The first-order valence-corrected chi connectivity index (χ1v) is 8.96. The Hall–Kier alpha value is -0.300. The molecule has 0 bridgehead atoms. The van der Waals surface area contributed by atoms with Crippen LogP contribution in [-0.4, -0.2) is 5.33 Å². The van der Waals surface area contributed by atoms with Crippen molar-refractivity contribution in [1.29, 1.82) is 0 Å². The van der Waals surface area contributed by atoms with Gasteiger partial charge in [-0.2, -0.15) is 0 Å². The van der Waals surface area contributed by atoms with E-state index in [-0.39, 0.29) is 0 Å². The Morgan fingerprint density at radius 2 is 1.79 bits per heavy atom. The molecule has 0 spiro atoms. The standard InChI is InChI=1S/C18H29Br/c1-4-7-11-16(5-2)14-18(6-3,15-19)17-12-9-8-10-13-17/h8-10,12-13,16H,4-7,11,14-15H2,1-3H3. The predicted octanol–water partition coefficient (Wildman–Crippen LogP) is 6.34. The topological polar surface area (TPSA) is 0 Å².